The first-order valence-corrected chi connectivity index (χ1v) is 7.85. The van der Waals surface area contributed by atoms with Crippen LogP contribution in [-0.2, 0) is 10.0 Å². The largest absolute Gasteiger partial charge is 0.497 e. The number of anilines is 1. The van der Waals surface area contributed by atoms with Crippen molar-refractivity contribution in [2.75, 3.05) is 11.8 Å². The lowest BCUT2D eigenvalue weighted by atomic mass is 10.1. The second kappa shape index (κ2) is 6.15. The minimum Gasteiger partial charge on any atom is -0.497 e. The van der Waals surface area contributed by atoms with Crippen molar-refractivity contribution in [2.24, 2.45) is 0 Å². The van der Waals surface area contributed by atoms with Crippen LogP contribution in [0.1, 0.15) is 18.6 Å². The number of nitrogens with one attached hydrogen (secondary N) is 1. The normalized spacial score (nSPS) is 12.7. The molecule has 0 radical (unpaired) electrons. The molecular formula is C15H17NO4S. The highest BCUT2D eigenvalue weighted by atomic mass is 32.2. The third kappa shape index (κ3) is 3.74. The van der Waals surface area contributed by atoms with Crippen LogP contribution in [0.2, 0.25) is 0 Å². The number of hydrogen-bond acceptors (Lipinski definition) is 4. The van der Waals surface area contributed by atoms with Gasteiger partial charge in [0.1, 0.15) is 5.75 Å². The molecule has 2 aromatic carbocycles. The van der Waals surface area contributed by atoms with Gasteiger partial charge in [0.05, 0.1) is 18.1 Å². The summed E-state index contributed by atoms with van der Waals surface area (Å²) in [5.41, 5.74) is 1.12. The Bertz CT molecular complexity index is 691. The van der Waals surface area contributed by atoms with Gasteiger partial charge in [0.15, 0.2) is 0 Å². The van der Waals surface area contributed by atoms with E-state index in [-0.39, 0.29) is 4.90 Å². The average molecular weight is 307 g/mol. The Kier molecular flexibility index (Phi) is 4.50. The Balaban J connectivity index is 2.20. The molecule has 0 fully saturated rings. The Labute approximate surface area is 124 Å². The minimum atomic E-state index is -3.65. The van der Waals surface area contributed by atoms with Crippen LogP contribution in [-0.4, -0.2) is 20.6 Å². The molecule has 0 saturated heterocycles. The first-order valence-electron chi connectivity index (χ1n) is 6.37. The van der Waals surface area contributed by atoms with Gasteiger partial charge >= 0.3 is 0 Å². The number of aliphatic hydroxyl groups is 1. The van der Waals surface area contributed by atoms with Gasteiger partial charge in [-0.25, -0.2) is 8.42 Å². The first-order chi connectivity index (χ1) is 9.92. The highest BCUT2D eigenvalue weighted by molar-refractivity contribution is 7.92. The monoisotopic (exact) mass is 307 g/mol. The molecule has 0 bridgehead atoms. The maximum absolute atomic E-state index is 12.2. The van der Waals surface area contributed by atoms with Crippen LogP contribution in [0.25, 0.3) is 0 Å². The molecule has 0 heterocycles. The summed E-state index contributed by atoms with van der Waals surface area (Å²) in [6.07, 6.45) is -0.628. The molecule has 0 aromatic heterocycles. The van der Waals surface area contributed by atoms with E-state index in [1.807, 2.05) is 0 Å². The Morgan fingerprint density at radius 1 is 1.05 bits per heavy atom. The number of ether oxygens (including phenoxy) is 1. The zero-order valence-electron chi connectivity index (χ0n) is 11.8. The van der Waals surface area contributed by atoms with Crippen molar-refractivity contribution in [1.82, 2.24) is 0 Å². The van der Waals surface area contributed by atoms with Gasteiger partial charge in [-0.3, -0.25) is 4.72 Å². The van der Waals surface area contributed by atoms with Gasteiger partial charge in [-0.1, -0.05) is 12.1 Å². The van der Waals surface area contributed by atoms with Crippen LogP contribution in [0.4, 0.5) is 5.69 Å². The maximum atomic E-state index is 12.2. The van der Waals surface area contributed by atoms with E-state index in [9.17, 15) is 13.5 Å². The third-order valence-electron chi connectivity index (χ3n) is 3.02. The summed E-state index contributed by atoms with van der Waals surface area (Å²) >= 11 is 0. The maximum Gasteiger partial charge on any atom is 0.261 e. The molecule has 1 unspecified atom stereocenters. The van der Waals surface area contributed by atoms with Crippen molar-refractivity contribution >= 4 is 15.7 Å². The molecule has 0 aliphatic heterocycles. The van der Waals surface area contributed by atoms with Crippen LogP contribution in [0.5, 0.6) is 5.75 Å². The smallest absolute Gasteiger partial charge is 0.261 e. The molecule has 2 aromatic rings. The minimum absolute atomic E-state index is 0.141. The predicted octanol–water partition coefficient (Wildman–Crippen LogP) is 2.55. The molecule has 2 N–H and O–H groups in total. The van der Waals surface area contributed by atoms with Gasteiger partial charge in [0, 0.05) is 5.69 Å². The first kappa shape index (κ1) is 15.3. The summed E-state index contributed by atoms with van der Waals surface area (Å²) in [4.78, 5) is 0.141. The highest BCUT2D eigenvalue weighted by Crippen LogP contribution is 2.20. The standard InChI is InChI=1S/C15H17NO4S/c1-11(17)12-3-9-15(10-4-12)21(18,19)16-13-5-7-14(20-2)8-6-13/h3-11,16-17H,1-2H3. The van der Waals surface area contributed by atoms with Crippen LogP contribution < -0.4 is 9.46 Å². The molecular weight excluding hydrogens is 290 g/mol. The Morgan fingerprint density at radius 2 is 1.62 bits per heavy atom. The Hall–Kier alpha value is -2.05. The molecule has 6 heteroatoms. The summed E-state index contributed by atoms with van der Waals surface area (Å²) in [6.45, 7) is 1.62. The summed E-state index contributed by atoms with van der Waals surface area (Å²) in [5, 5.41) is 9.43. The number of sulfonamides is 1. The molecule has 0 spiro atoms. The summed E-state index contributed by atoms with van der Waals surface area (Å²) in [7, 11) is -2.10. The molecule has 0 saturated carbocycles. The van der Waals surface area contributed by atoms with Gasteiger partial charge in [0.25, 0.3) is 10.0 Å². The van der Waals surface area contributed by atoms with E-state index in [0.717, 1.165) is 0 Å². The van der Waals surface area contributed by atoms with Crippen molar-refractivity contribution in [3.8, 4) is 5.75 Å². The molecule has 1 atom stereocenters. The second-order valence-electron chi connectivity index (χ2n) is 4.58. The van der Waals surface area contributed by atoms with E-state index in [1.54, 1.807) is 50.4 Å². The van der Waals surface area contributed by atoms with Gasteiger partial charge in [-0.15, -0.1) is 0 Å². The molecule has 0 amide bonds. The molecule has 2 rings (SSSR count). The molecule has 112 valence electrons. The summed E-state index contributed by atoms with van der Waals surface area (Å²) in [6, 6.07) is 12.7. The fourth-order valence-electron chi connectivity index (χ4n) is 1.80. The third-order valence-corrected chi connectivity index (χ3v) is 4.41. The number of hydrogen-bond donors (Lipinski definition) is 2. The van der Waals surface area contributed by atoms with Gasteiger partial charge in [0.2, 0.25) is 0 Å². The van der Waals surface area contributed by atoms with Crippen LogP contribution in [0.3, 0.4) is 0 Å². The summed E-state index contributed by atoms with van der Waals surface area (Å²) in [5.74, 6) is 0.652. The zero-order valence-corrected chi connectivity index (χ0v) is 12.6. The van der Waals surface area contributed by atoms with Crippen molar-refractivity contribution in [1.29, 1.82) is 0 Å². The average Bonchev–Trinajstić information content (AvgIpc) is 2.48. The molecule has 0 aliphatic carbocycles. The number of rotatable bonds is 5. The second-order valence-corrected chi connectivity index (χ2v) is 6.26. The van der Waals surface area contributed by atoms with E-state index >= 15 is 0 Å². The van der Waals surface area contributed by atoms with Crippen molar-refractivity contribution < 1.29 is 18.3 Å². The topological polar surface area (TPSA) is 75.6 Å². The van der Waals surface area contributed by atoms with Crippen molar-refractivity contribution in [2.45, 2.75) is 17.9 Å². The molecule has 21 heavy (non-hydrogen) atoms. The van der Waals surface area contributed by atoms with Gasteiger partial charge in [-0.2, -0.15) is 0 Å². The van der Waals surface area contributed by atoms with E-state index in [4.69, 9.17) is 4.74 Å². The zero-order chi connectivity index (χ0) is 15.5. The van der Waals surface area contributed by atoms with E-state index in [1.165, 1.54) is 12.1 Å². The lowest BCUT2D eigenvalue weighted by Gasteiger charge is -2.10. The lowest BCUT2D eigenvalue weighted by Crippen LogP contribution is -2.13. The molecule has 0 aliphatic rings. The SMILES string of the molecule is COc1ccc(NS(=O)(=O)c2ccc(C(C)O)cc2)cc1. The van der Waals surface area contributed by atoms with Crippen molar-refractivity contribution in [3.63, 3.8) is 0 Å². The van der Waals surface area contributed by atoms with Gasteiger partial charge < -0.3 is 9.84 Å². The van der Waals surface area contributed by atoms with Gasteiger partial charge in [-0.05, 0) is 48.9 Å². The fourth-order valence-corrected chi connectivity index (χ4v) is 2.86. The van der Waals surface area contributed by atoms with Crippen LogP contribution >= 0.6 is 0 Å². The lowest BCUT2D eigenvalue weighted by molar-refractivity contribution is 0.199. The summed E-state index contributed by atoms with van der Waals surface area (Å²) < 4.78 is 32.0. The van der Waals surface area contributed by atoms with E-state index < -0.39 is 16.1 Å². The quantitative estimate of drug-likeness (QED) is 0.890. The van der Waals surface area contributed by atoms with E-state index in [2.05, 4.69) is 4.72 Å². The van der Waals surface area contributed by atoms with E-state index in [0.29, 0.717) is 17.0 Å². The predicted molar refractivity (Wildman–Crippen MR) is 80.9 cm³/mol. The molecule has 5 nitrogen and oxygen atoms in total. The fraction of sp³-hybridized carbons (Fsp3) is 0.200. The van der Waals surface area contributed by atoms with Crippen molar-refractivity contribution in [3.05, 3.63) is 54.1 Å². The van der Waals surface area contributed by atoms with Crippen LogP contribution in [0, 0.1) is 0 Å². The Morgan fingerprint density at radius 3 is 2.10 bits per heavy atom. The number of benzene rings is 2. The highest BCUT2D eigenvalue weighted by Gasteiger charge is 2.14. The number of aliphatic hydroxyl groups excluding tert-OH is 1. The number of methoxy groups -OCH3 is 1. The van der Waals surface area contributed by atoms with Crippen LogP contribution in [0.15, 0.2) is 53.4 Å².